The van der Waals surface area contributed by atoms with Gasteiger partial charge in [-0.25, -0.2) is 4.98 Å². The van der Waals surface area contributed by atoms with Gasteiger partial charge in [0.15, 0.2) is 5.69 Å². The number of nitrogens with one attached hydrogen (secondary N) is 1. The number of nitrogens with zero attached hydrogens (tertiary/aromatic N) is 4. The molecule has 0 radical (unpaired) electrons. The van der Waals surface area contributed by atoms with Gasteiger partial charge >= 0.3 is 0 Å². The van der Waals surface area contributed by atoms with Crippen molar-refractivity contribution in [1.29, 1.82) is 0 Å². The van der Waals surface area contributed by atoms with E-state index in [4.69, 9.17) is 4.98 Å². The molecule has 0 saturated heterocycles. The minimum Gasteiger partial charge on any atom is -0.347 e. The number of hydrogen-bond donors (Lipinski definition) is 1. The second-order valence-corrected chi connectivity index (χ2v) is 8.99. The van der Waals surface area contributed by atoms with Gasteiger partial charge in [-0.2, -0.15) is 0 Å². The second-order valence-electron chi connectivity index (χ2n) is 8.99. The zero-order chi connectivity index (χ0) is 21.3. The fourth-order valence-corrected chi connectivity index (χ4v) is 3.59. The summed E-state index contributed by atoms with van der Waals surface area (Å²) in [5.74, 6) is 0.366. The van der Waals surface area contributed by atoms with E-state index in [1.165, 1.54) is 4.90 Å². The van der Waals surface area contributed by atoms with E-state index in [2.05, 4.69) is 14.8 Å². The summed E-state index contributed by atoms with van der Waals surface area (Å²) in [5, 5.41) is 2.96. The highest BCUT2D eigenvalue weighted by Crippen LogP contribution is 2.27. The van der Waals surface area contributed by atoms with E-state index in [0.717, 1.165) is 30.2 Å². The highest BCUT2D eigenvalue weighted by Gasteiger charge is 2.36. The van der Waals surface area contributed by atoms with E-state index in [-0.39, 0.29) is 11.8 Å². The number of carbonyl (C=O) groups is 2. The molecule has 7 nitrogen and oxygen atoms in total. The number of carbonyl (C=O) groups excluding carboxylic acids is 2. The first-order valence-corrected chi connectivity index (χ1v) is 9.95. The van der Waals surface area contributed by atoms with Crippen LogP contribution >= 0.6 is 0 Å². The van der Waals surface area contributed by atoms with E-state index in [1.54, 1.807) is 14.1 Å². The van der Waals surface area contributed by atoms with E-state index in [0.29, 0.717) is 12.2 Å². The Morgan fingerprint density at radius 3 is 2.38 bits per heavy atom. The number of hydrogen-bond acceptors (Lipinski definition) is 4. The van der Waals surface area contributed by atoms with Crippen LogP contribution in [0.15, 0.2) is 30.3 Å². The van der Waals surface area contributed by atoms with Crippen molar-refractivity contribution in [3.8, 4) is 11.4 Å². The van der Waals surface area contributed by atoms with Gasteiger partial charge < -0.3 is 14.8 Å². The van der Waals surface area contributed by atoms with Crippen LogP contribution in [-0.4, -0.2) is 64.9 Å². The normalized spacial score (nSPS) is 15.5. The van der Waals surface area contributed by atoms with Gasteiger partial charge in [0.1, 0.15) is 11.9 Å². The van der Waals surface area contributed by atoms with Crippen LogP contribution in [0.3, 0.4) is 0 Å². The smallest absolute Gasteiger partial charge is 0.272 e. The molecule has 1 atom stereocenters. The summed E-state index contributed by atoms with van der Waals surface area (Å²) >= 11 is 0. The third-order valence-electron chi connectivity index (χ3n) is 5.27. The Hall–Kier alpha value is -2.67. The Morgan fingerprint density at radius 2 is 1.79 bits per heavy atom. The molecule has 1 aromatic heterocycles. The first-order valence-electron chi connectivity index (χ1n) is 9.95. The molecule has 156 valence electrons. The first kappa shape index (κ1) is 21.0. The molecule has 7 heteroatoms. The van der Waals surface area contributed by atoms with E-state index >= 15 is 0 Å². The Morgan fingerprint density at radius 1 is 1.14 bits per heavy atom. The standard InChI is InChI=1S/C22H31N5O2/c1-22(2,3)18(21(29)25(4)5)24-20(28)17-16-14-26(6)12-13-27(16)19(23-17)15-10-8-7-9-11-15/h7-11,18H,12-14H2,1-6H3,(H,24,28)/t18-/m1/s1. The predicted molar refractivity (Wildman–Crippen MR) is 113 cm³/mol. The molecule has 0 spiro atoms. The highest BCUT2D eigenvalue weighted by atomic mass is 16.2. The van der Waals surface area contributed by atoms with Crippen LogP contribution in [0.5, 0.6) is 0 Å². The molecule has 2 heterocycles. The van der Waals surface area contributed by atoms with E-state index in [9.17, 15) is 9.59 Å². The van der Waals surface area contributed by atoms with Crippen LogP contribution in [0.25, 0.3) is 11.4 Å². The second kappa shape index (κ2) is 7.99. The number of amides is 2. The quantitative estimate of drug-likeness (QED) is 0.859. The van der Waals surface area contributed by atoms with Crippen molar-refractivity contribution in [2.75, 3.05) is 27.7 Å². The summed E-state index contributed by atoms with van der Waals surface area (Å²) in [6.07, 6.45) is 0. The molecule has 1 aromatic carbocycles. The minimum atomic E-state index is -0.635. The van der Waals surface area contributed by atoms with Crippen molar-refractivity contribution in [1.82, 2.24) is 24.7 Å². The van der Waals surface area contributed by atoms with Gasteiger partial charge in [-0.05, 0) is 12.5 Å². The Labute approximate surface area is 172 Å². The Balaban J connectivity index is 2.00. The molecule has 1 aliphatic heterocycles. The molecule has 0 aliphatic carbocycles. The summed E-state index contributed by atoms with van der Waals surface area (Å²) in [6, 6.07) is 9.27. The SMILES string of the molecule is CN1CCn2c(-c3ccccc3)nc(C(=O)N[C@H](C(=O)N(C)C)C(C)(C)C)c2C1. The maximum atomic E-state index is 13.3. The third kappa shape index (κ3) is 4.34. The van der Waals surface area contributed by atoms with Gasteiger partial charge in [0, 0.05) is 39.3 Å². The Bertz CT molecular complexity index is 896. The van der Waals surface area contributed by atoms with Crippen LogP contribution in [0.4, 0.5) is 0 Å². The van der Waals surface area contributed by atoms with Gasteiger partial charge in [0.05, 0.1) is 5.69 Å². The van der Waals surface area contributed by atoms with Crippen LogP contribution in [0.2, 0.25) is 0 Å². The van der Waals surface area contributed by atoms with Gasteiger partial charge in [0.2, 0.25) is 5.91 Å². The Kier molecular flexibility index (Phi) is 5.80. The van der Waals surface area contributed by atoms with Crippen molar-refractivity contribution < 1.29 is 9.59 Å². The molecule has 1 N–H and O–H groups in total. The number of likely N-dealkylation sites (N-methyl/N-ethyl adjacent to an activating group) is 2. The molecule has 29 heavy (non-hydrogen) atoms. The number of imidazole rings is 1. The zero-order valence-corrected chi connectivity index (χ0v) is 18.2. The topological polar surface area (TPSA) is 70.5 Å². The average molecular weight is 398 g/mol. The van der Waals surface area contributed by atoms with Crippen molar-refractivity contribution in [2.24, 2.45) is 5.41 Å². The van der Waals surface area contributed by atoms with Crippen LogP contribution in [0, 0.1) is 5.41 Å². The van der Waals surface area contributed by atoms with Crippen LogP contribution in [0.1, 0.15) is 37.0 Å². The first-order chi connectivity index (χ1) is 13.6. The molecule has 0 bridgehead atoms. The fourth-order valence-electron chi connectivity index (χ4n) is 3.59. The number of aromatic nitrogens is 2. The average Bonchev–Trinajstić information content (AvgIpc) is 3.03. The monoisotopic (exact) mass is 397 g/mol. The van der Waals surface area contributed by atoms with Gasteiger partial charge in [0.25, 0.3) is 5.91 Å². The summed E-state index contributed by atoms with van der Waals surface area (Å²) in [6.45, 7) is 8.16. The molecule has 0 unspecified atom stereocenters. The molecular weight excluding hydrogens is 366 g/mol. The van der Waals surface area contributed by atoms with Gasteiger partial charge in [-0.15, -0.1) is 0 Å². The van der Waals surface area contributed by atoms with Gasteiger partial charge in [-0.1, -0.05) is 51.1 Å². The van der Waals surface area contributed by atoms with Crippen LogP contribution < -0.4 is 5.32 Å². The molecule has 0 saturated carbocycles. The molecule has 1 aliphatic rings. The third-order valence-corrected chi connectivity index (χ3v) is 5.27. The minimum absolute atomic E-state index is 0.126. The summed E-state index contributed by atoms with van der Waals surface area (Å²) in [5.41, 5.74) is 1.85. The van der Waals surface area contributed by atoms with Crippen molar-refractivity contribution in [3.63, 3.8) is 0 Å². The van der Waals surface area contributed by atoms with E-state index < -0.39 is 11.5 Å². The number of rotatable bonds is 4. The fraction of sp³-hybridized carbons (Fsp3) is 0.500. The van der Waals surface area contributed by atoms with Crippen LogP contribution in [-0.2, 0) is 17.9 Å². The summed E-state index contributed by atoms with van der Waals surface area (Å²) in [7, 11) is 5.44. The molecule has 3 rings (SSSR count). The lowest BCUT2D eigenvalue weighted by molar-refractivity contribution is -0.133. The lowest BCUT2D eigenvalue weighted by Crippen LogP contribution is -2.53. The van der Waals surface area contributed by atoms with E-state index in [1.807, 2.05) is 58.2 Å². The largest absolute Gasteiger partial charge is 0.347 e. The summed E-state index contributed by atoms with van der Waals surface area (Å²) in [4.78, 5) is 34.4. The zero-order valence-electron chi connectivity index (χ0n) is 18.2. The molecule has 0 fully saturated rings. The number of benzene rings is 1. The maximum Gasteiger partial charge on any atom is 0.272 e. The van der Waals surface area contributed by atoms with Gasteiger partial charge in [-0.3, -0.25) is 14.5 Å². The number of fused-ring (bicyclic) bond motifs is 1. The summed E-state index contributed by atoms with van der Waals surface area (Å²) < 4.78 is 2.13. The highest BCUT2D eigenvalue weighted by molar-refractivity contribution is 5.97. The van der Waals surface area contributed by atoms with Crippen molar-refractivity contribution >= 4 is 11.8 Å². The molecule has 2 amide bonds. The molecule has 2 aromatic rings. The lowest BCUT2D eigenvalue weighted by Gasteiger charge is -2.32. The van der Waals surface area contributed by atoms with Crippen molar-refractivity contribution in [2.45, 2.75) is 39.9 Å². The lowest BCUT2D eigenvalue weighted by atomic mass is 9.85. The maximum absolute atomic E-state index is 13.3. The molecular formula is C22H31N5O2. The predicted octanol–water partition coefficient (Wildman–Crippen LogP) is 2.23. The van der Waals surface area contributed by atoms with Crippen molar-refractivity contribution in [3.05, 3.63) is 41.7 Å².